The number of nitrogens with one attached hydrogen (secondary N) is 1. The number of nitrogens with zero attached hydrogens (tertiary/aromatic N) is 2. The highest BCUT2D eigenvalue weighted by molar-refractivity contribution is 7.91. The van der Waals surface area contributed by atoms with E-state index in [0.29, 0.717) is 35.7 Å². The van der Waals surface area contributed by atoms with Crippen LogP contribution >= 0.6 is 11.3 Å². The molecule has 1 aromatic heterocycles. The van der Waals surface area contributed by atoms with Crippen LogP contribution in [0.5, 0.6) is 0 Å². The van der Waals surface area contributed by atoms with E-state index in [0.717, 1.165) is 36.4 Å². The van der Waals surface area contributed by atoms with Crippen LogP contribution in [0.25, 0.3) is 0 Å². The lowest BCUT2D eigenvalue weighted by Crippen LogP contribution is -2.45. The number of likely N-dealkylation sites (tertiary alicyclic amines) is 1. The van der Waals surface area contributed by atoms with Crippen LogP contribution in [0.15, 0.2) is 40.6 Å². The standard InChI is InChI=1S/C23H29N3O4S2/c1-17-6-11-21(31-17)32(29,30)26-14-4-5-20(16-26)22(27)24-15-18-7-9-19(10-8-18)23(28)25-12-2-3-13-25/h6-11,20H,2-5,12-16H2,1H3,(H,24,27). The minimum atomic E-state index is -3.56. The van der Waals surface area contributed by atoms with E-state index in [4.69, 9.17) is 0 Å². The highest BCUT2D eigenvalue weighted by Crippen LogP contribution is 2.28. The van der Waals surface area contributed by atoms with Crippen molar-refractivity contribution in [2.24, 2.45) is 5.92 Å². The summed E-state index contributed by atoms with van der Waals surface area (Å²) >= 11 is 1.26. The second-order valence-electron chi connectivity index (χ2n) is 8.48. The van der Waals surface area contributed by atoms with Gasteiger partial charge in [-0.3, -0.25) is 9.59 Å². The van der Waals surface area contributed by atoms with E-state index in [-0.39, 0.29) is 24.3 Å². The minimum absolute atomic E-state index is 0.0579. The average Bonchev–Trinajstić information content (AvgIpc) is 3.50. The molecule has 1 N–H and O–H groups in total. The molecule has 9 heteroatoms. The molecule has 2 aliphatic heterocycles. The first-order chi connectivity index (χ1) is 15.3. The number of piperidine rings is 1. The Morgan fingerprint density at radius 1 is 1.03 bits per heavy atom. The van der Waals surface area contributed by atoms with Gasteiger partial charge in [0.25, 0.3) is 15.9 Å². The number of hydrogen-bond donors (Lipinski definition) is 1. The number of thiophene rings is 1. The summed E-state index contributed by atoms with van der Waals surface area (Å²) in [6.07, 6.45) is 3.45. The summed E-state index contributed by atoms with van der Waals surface area (Å²) in [6.45, 7) is 4.51. The minimum Gasteiger partial charge on any atom is -0.352 e. The number of hydrogen-bond acceptors (Lipinski definition) is 5. The number of rotatable bonds is 6. The van der Waals surface area contributed by atoms with Crippen molar-refractivity contribution < 1.29 is 18.0 Å². The quantitative estimate of drug-likeness (QED) is 0.696. The van der Waals surface area contributed by atoms with Gasteiger partial charge in [0.05, 0.1) is 5.92 Å². The van der Waals surface area contributed by atoms with Gasteiger partial charge in [-0.25, -0.2) is 8.42 Å². The normalized spacial score (nSPS) is 19.8. The first kappa shape index (κ1) is 22.9. The lowest BCUT2D eigenvalue weighted by molar-refractivity contribution is -0.126. The van der Waals surface area contributed by atoms with Gasteiger partial charge in [-0.2, -0.15) is 4.31 Å². The second-order valence-corrected chi connectivity index (χ2v) is 11.9. The molecule has 172 valence electrons. The molecule has 2 amide bonds. The van der Waals surface area contributed by atoms with Crippen molar-refractivity contribution in [3.8, 4) is 0 Å². The number of sulfonamides is 1. The first-order valence-electron chi connectivity index (χ1n) is 11.1. The van der Waals surface area contributed by atoms with E-state index < -0.39 is 10.0 Å². The predicted octanol–water partition coefficient (Wildman–Crippen LogP) is 3.01. The predicted molar refractivity (Wildman–Crippen MR) is 124 cm³/mol. The number of amides is 2. The van der Waals surface area contributed by atoms with Crippen LogP contribution in [-0.4, -0.2) is 55.6 Å². The smallest absolute Gasteiger partial charge is 0.253 e. The summed E-state index contributed by atoms with van der Waals surface area (Å²) in [5.41, 5.74) is 1.57. The van der Waals surface area contributed by atoms with Gasteiger partial charge in [0.2, 0.25) is 5.91 Å². The Bertz CT molecular complexity index is 1070. The summed E-state index contributed by atoms with van der Waals surface area (Å²) in [5.74, 6) is -0.442. The van der Waals surface area contributed by atoms with Crippen LogP contribution in [0.3, 0.4) is 0 Å². The summed E-state index contributed by atoms with van der Waals surface area (Å²) in [4.78, 5) is 28.0. The van der Waals surface area contributed by atoms with Crippen molar-refractivity contribution in [3.63, 3.8) is 0 Å². The molecule has 4 rings (SSSR count). The van der Waals surface area contributed by atoms with Crippen LogP contribution in [0.1, 0.15) is 46.5 Å². The third kappa shape index (κ3) is 5.05. The maximum absolute atomic E-state index is 12.9. The highest BCUT2D eigenvalue weighted by atomic mass is 32.2. The number of carbonyl (C=O) groups is 2. The molecule has 0 bridgehead atoms. The van der Waals surface area contributed by atoms with Gasteiger partial charge < -0.3 is 10.2 Å². The average molecular weight is 476 g/mol. The van der Waals surface area contributed by atoms with Gasteiger partial charge in [-0.05, 0) is 62.4 Å². The third-order valence-electron chi connectivity index (χ3n) is 6.13. The van der Waals surface area contributed by atoms with Crippen LogP contribution in [0.2, 0.25) is 0 Å². The fraction of sp³-hybridized carbons (Fsp3) is 0.478. The van der Waals surface area contributed by atoms with E-state index in [1.807, 2.05) is 24.0 Å². The van der Waals surface area contributed by atoms with E-state index >= 15 is 0 Å². The van der Waals surface area contributed by atoms with Gasteiger partial charge in [-0.1, -0.05) is 12.1 Å². The fourth-order valence-corrected chi connectivity index (χ4v) is 7.22. The van der Waals surface area contributed by atoms with Crippen molar-refractivity contribution in [3.05, 3.63) is 52.4 Å². The Hall–Kier alpha value is -2.23. The molecule has 0 spiro atoms. The zero-order valence-electron chi connectivity index (χ0n) is 18.2. The fourth-order valence-electron chi connectivity index (χ4n) is 4.25. The molecule has 1 atom stereocenters. The molecule has 0 aliphatic carbocycles. The summed E-state index contributed by atoms with van der Waals surface area (Å²) in [6, 6.07) is 10.8. The van der Waals surface area contributed by atoms with Crippen molar-refractivity contribution in [1.82, 2.24) is 14.5 Å². The Kier molecular flexibility index (Phi) is 6.97. The molecule has 2 fully saturated rings. The Labute approximate surface area is 193 Å². The third-order valence-corrected chi connectivity index (χ3v) is 9.46. The molecule has 7 nitrogen and oxygen atoms in total. The van der Waals surface area contributed by atoms with Crippen LogP contribution in [0, 0.1) is 12.8 Å². The number of aryl methyl sites for hydroxylation is 1. The van der Waals surface area contributed by atoms with Crippen LogP contribution < -0.4 is 5.32 Å². The van der Waals surface area contributed by atoms with E-state index in [2.05, 4.69) is 5.32 Å². The van der Waals surface area contributed by atoms with Gasteiger partial charge >= 0.3 is 0 Å². The van der Waals surface area contributed by atoms with E-state index in [1.165, 1.54) is 15.6 Å². The zero-order chi connectivity index (χ0) is 22.7. The zero-order valence-corrected chi connectivity index (χ0v) is 19.9. The van der Waals surface area contributed by atoms with Gasteiger partial charge in [0.15, 0.2) is 0 Å². The molecule has 2 aliphatic rings. The van der Waals surface area contributed by atoms with Gasteiger partial charge in [-0.15, -0.1) is 11.3 Å². The van der Waals surface area contributed by atoms with Crippen molar-refractivity contribution in [2.75, 3.05) is 26.2 Å². The van der Waals surface area contributed by atoms with Crippen LogP contribution in [-0.2, 0) is 21.4 Å². The molecular formula is C23H29N3O4S2. The number of benzene rings is 1. The maximum atomic E-state index is 12.9. The van der Waals surface area contributed by atoms with Crippen molar-refractivity contribution in [2.45, 2.75) is 43.4 Å². The largest absolute Gasteiger partial charge is 0.352 e. The lowest BCUT2D eigenvalue weighted by atomic mass is 9.98. The van der Waals surface area contributed by atoms with Crippen molar-refractivity contribution >= 4 is 33.2 Å². The van der Waals surface area contributed by atoms with Gasteiger partial charge in [0.1, 0.15) is 4.21 Å². The van der Waals surface area contributed by atoms with Gasteiger partial charge in [0, 0.05) is 43.2 Å². The monoisotopic (exact) mass is 475 g/mol. The molecule has 1 aromatic carbocycles. The van der Waals surface area contributed by atoms with Crippen LogP contribution in [0.4, 0.5) is 0 Å². The summed E-state index contributed by atoms with van der Waals surface area (Å²) in [7, 11) is -3.56. The highest BCUT2D eigenvalue weighted by Gasteiger charge is 2.34. The SMILES string of the molecule is Cc1ccc(S(=O)(=O)N2CCCC(C(=O)NCc3ccc(C(=O)N4CCCC4)cc3)C2)s1. The van der Waals surface area contributed by atoms with Crippen molar-refractivity contribution in [1.29, 1.82) is 0 Å². The lowest BCUT2D eigenvalue weighted by Gasteiger charge is -2.30. The first-order valence-corrected chi connectivity index (χ1v) is 13.3. The molecule has 2 aromatic rings. The molecular weight excluding hydrogens is 446 g/mol. The maximum Gasteiger partial charge on any atom is 0.253 e. The Morgan fingerprint density at radius 3 is 2.41 bits per heavy atom. The molecule has 32 heavy (non-hydrogen) atoms. The van der Waals surface area contributed by atoms with E-state index in [1.54, 1.807) is 24.3 Å². The Balaban J connectivity index is 1.32. The molecule has 3 heterocycles. The molecule has 0 radical (unpaired) electrons. The second kappa shape index (κ2) is 9.72. The summed E-state index contributed by atoms with van der Waals surface area (Å²) < 4.78 is 27.6. The molecule has 1 unspecified atom stereocenters. The van der Waals surface area contributed by atoms with E-state index in [9.17, 15) is 18.0 Å². The number of carbonyl (C=O) groups excluding carboxylic acids is 2. The Morgan fingerprint density at radius 2 is 1.75 bits per heavy atom. The molecule has 0 saturated carbocycles. The summed E-state index contributed by atoms with van der Waals surface area (Å²) in [5, 5.41) is 2.94. The molecule has 2 saturated heterocycles. The topological polar surface area (TPSA) is 86.8 Å².